The van der Waals surface area contributed by atoms with Gasteiger partial charge in [0.25, 0.3) is 0 Å². The Hall–Kier alpha value is -0.770. The highest BCUT2D eigenvalue weighted by Gasteiger charge is 2.44. The molecule has 0 bridgehead atoms. The predicted molar refractivity (Wildman–Crippen MR) is 66.7 cm³/mol. The van der Waals surface area contributed by atoms with E-state index in [0.717, 1.165) is 32.4 Å². The summed E-state index contributed by atoms with van der Waals surface area (Å²) in [5.74, 6) is 0.462. The van der Waals surface area contributed by atoms with E-state index in [1.807, 2.05) is 25.7 Å². The van der Waals surface area contributed by atoms with Crippen LogP contribution in [0.1, 0.15) is 46.5 Å². The van der Waals surface area contributed by atoms with Gasteiger partial charge in [-0.05, 0) is 52.4 Å². The molecule has 1 aliphatic carbocycles. The zero-order valence-corrected chi connectivity index (χ0v) is 11.2. The molecule has 2 rings (SSSR count). The van der Waals surface area contributed by atoms with Crippen LogP contribution < -0.4 is 5.73 Å². The van der Waals surface area contributed by atoms with E-state index in [-0.39, 0.29) is 11.6 Å². The minimum absolute atomic E-state index is 0.00321. The molecule has 2 fully saturated rings. The second-order valence-electron chi connectivity index (χ2n) is 6.50. The monoisotopic (exact) mass is 240 g/mol. The van der Waals surface area contributed by atoms with Crippen LogP contribution in [-0.4, -0.2) is 35.2 Å². The lowest BCUT2D eigenvalue weighted by Crippen LogP contribution is -2.53. The topological polar surface area (TPSA) is 55.6 Å². The molecule has 0 radical (unpaired) electrons. The van der Waals surface area contributed by atoms with Gasteiger partial charge in [-0.15, -0.1) is 0 Å². The Morgan fingerprint density at radius 3 is 2.53 bits per heavy atom. The molecule has 0 aromatic carbocycles. The Bertz CT molecular complexity index is 305. The second-order valence-corrected chi connectivity index (χ2v) is 6.50. The van der Waals surface area contributed by atoms with Crippen LogP contribution in [0.3, 0.4) is 0 Å². The molecule has 0 aromatic heterocycles. The first-order chi connectivity index (χ1) is 7.80. The van der Waals surface area contributed by atoms with Crippen LogP contribution in [-0.2, 0) is 4.74 Å². The SMILES string of the molecule is CC(C)(C)OC(=O)N1CCC(C2(N)CCC2)C1. The van der Waals surface area contributed by atoms with Gasteiger partial charge in [-0.3, -0.25) is 0 Å². The maximum atomic E-state index is 11.9. The van der Waals surface area contributed by atoms with Crippen molar-refractivity contribution in [2.75, 3.05) is 13.1 Å². The lowest BCUT2D eigenvalue weighted by molar-refractivity contribution is 0.0273. The molecular weight excluding hydrogens is 216 g/mol. The van der Waals surface area contributed by atoms with Gasteiger partial charge < -0.3 is 15.4 Å². The Balaban J connectivity index is 1.87. The molecule has 0 aromatic rings. The fraction of sp³-hybridized carbons (Fsp3) is 0.923. The largest absolute Gasteiger partial charge is 0.444 e. The smallest absolute Gasteiger partial charge is 0.410 e. The Morgan fingerprint density at radius 2 is 2.06 bits per heavy atom. The number of carbonyl (C=O) groups excluding carboxylic acids is 1. The Kier molecular flexibility index (Phi) is 3.10. The molecule has 1 saturated carbocycles. The van der Waals surface area contributed by atoms with E-state index < -0.39 is 5.60 Å². The molecule has 1 aliphatic heterocycles. The van der Waals surface area contributed by atoms with Crippen molar-refractivity contribution in [1.29, 1.82) is 0 Å². The predicted octanol–water partition coefficient (Wildman–Crippen LogP) is 2.12. The first kappa shape index (κ1) is 12.7. The van der Waals surface area contributed by atoms with Gasteiger partial charge >= 0.3 is 6.09 Å². The molecule has 1 heterocycles. The van der Waals surface area contributed by atoms with Crippen molar-refractivity contribution in [3.8, 4) is 0 Å². The summed E-state index contributed by atoms with van der Waals surface area (Å²) < 4.78 is 5.38. The average Bonchev–Trinajstić information content (AvgIpc) is 2.60. The number of nitrogens with zero attached hydrogens (tertiary/aromatic N) is 1. The van der Waals surface area contributed by atoms with Crippen LogP contribution in [0.5, 0.6) is 0 Å². The van der Waals surface area contributed by atoms with Gasteiger partial charge in [0, 0.05) is 18.6 Å². The normalized spacial score (nSPS) is 27.8. The summed E-state index contributed by atoms with van der Waals surface area (Å²) in [7, 11) is 0. The van der Waals surface area contributed by atoms with Crippen molar-refractivity contribution in [1.82, 2.24) is 4.90 Å². The van der Waals surface area contributed by atoms with Crippen LogP contribution in [0, 0.1) is 5.92 Å². The summed E-state index contributed by atoms with van der Waals surface area (Å²) in [5, 5.41) is 0. The number of rotatable bonds is 1. The summed E-state index contributed by atoms with van der Waals surface area (Å²) >= 11 is 0. The van der Waals surface area contributed by atoms with Crippen molar-refractivity contribution in [2.24, 2.45) is 11.7 Å². The van der Waals surface area contributed by atoms with Gasteiger partial charge in [-0.2, -0.15) is 0 Å². The molecule has 1 amide bonds. The lowest BCUT2D eigenvalue weighted by Gasteiger charge is -2.43. The number of hydrogen-bond acceptors (Lipinski definition) is 3. The zero-order chi connectivity index (χ0) is 12.7. The number of nitrogens with two attached hydrogens (primary N) is 1. The minimum atomic E-state index is -0.411. The van der Waals surface area contributed by atoms with Crippen LogP contribution in [0.25, 0.3) is 0 Å². The van der Waals surface area contributed by atoms with Crippen LogP contribution in [0.4, 0.5) is 4.79 Å². The van der Waals surface area contributed by atoms with Crippen LogP contribution >= 0.6 is 0 Å². The van der Waals surface area contributed by atoms with E-state index >= 15 is 0 Å². The van der Waals surface area contributed by atoms with E-state index in [9.17, 15) is 4.79 Å². The molecular formula is C13H24N2O2. The van der Waals surface area contributed by atoms with Crippen LogP contribution in [0.2, 0.25) is 0 Å². The summed E-state index contributed by atoms with van der Waals surface area (Å²) in [6.07, 6.45) is 4.29. The van der Waals surface area contributed by atoms with Crippen molar-refractivity contribution >= 4 is 6.09 Å². The van der Waals surface area contributed by atoms with Gasteiger partial charge in [0.05, 0.1) is 0 Å². The van der Waals surface area contributed by atoms with Crippen molar-refractivity contribution in [2.45, 2.75) is 57.6 Å². The molecule has 1 unspecified atom stereocenters. The third-order valence-corrected chi connectivity index (χ3v) is 3.94. The maximum absolute atomic E-state index is 11.9. The number of likely N-dealkylation sites (tertiary alicyclic amines) is 1. The molecule has 98 valence electrons. The minimum Gasteiger partial charge on any atom is -0.444 e. The van der Waals surface area contributed by atoms with Crippen molar-refractivity contribution in [3.05, 3.63) is 0 Å². The fourth-order valence-corrected chi connectivity index (χ4v) is 2.72. The molecule has 2 aliphatic rings. The summed E-state index contributed by atoms with van der Waals surface area (Å²) in [4.78, 5) is 13.7. The molecule has 4 nitrogen and oxygen atoms in total. The second kappa shape index (κ2) is 4.16. The van der Waals surface area contributed by atoms with Gasteiger partial charge in [-0.1, -0.05) is 0 Å². The highest BCUT2D eigenvalue weighted by Crippen LogP contribution is 2.40. The van der Waals surface area contributed by atoms with Gasteiger partial charge in [0.2, 0.25) is 0 Å². The number of carbonyl (C=O) groups is 1. The van der Waals surface area contributed by atoms with Crippen LogP contribution in [0.15, 0.2) is 0 Å². The molecule has 17 heavy (non-hydrogen) atoms. The van der Waals surface area contributed by atoms with Gasteiger partial charge in [0.15, 0.2) is 0 Å². The lowest BCUT2D eigenvalue weighted by atomic mass is 9.68. The quantitative estimate of drug-likeness (QED) is 0.764. The number of hydrogen-bond donors (Lipinski definition) is 1. The molecule has 1 saturated heterocycles. The first-order valence-electron chi connectivity index (χ1n) is 6.57. The summed E-state index contributed by atoms with van der Waals surface area (Å²) in [5.41, 5.74) is 5.91. The summed E-state index contributed by atoms with van der Waals surface area (Å²) in [6.45, 7) is 7.25. The zero-order valence-electron chi connectivity index (χ0n) is 11.2. The first-order valence-corrected chi connectivity index (χ1v) is 6.57. The average molecular weight is 240 g/mol. The van der Waals surface area contributed by atoms with E-state index in [2.05, 4.69) is 0 Å². The molecule has 4 heteroatoms. The van der Waals surface area contributed by atoms with E-state index in [4.69, 9.17) is 10.5 Å². The van der Waals surface area contributed by atoms with Crippen molar-refractivity contribution < 1.29 is 9.53 Å². The molecule has 0 spiro atoms. The third-order valence-electron chi connectivity index (χ3n) is 3.94. The summed E-state index contributed by atoms with van der Waals surface area (Å²) in [6, 6.07) is 0. The number of ether oxygens (including phenoxy) is 1. The Labute approximate surface area is 103 Å². The Morgan fingerprint density at radius 1 is 1.41 bits per heavy atom. The molecule has 2 N–H and O–H groups in total. The molecule has 1 atom stereocenters. The standard InChI is InChI=1S/C13H24N2O2/c1-12(2,3)17-11(16)15-8-5-10(9-15)13(14)6-4-7-13/h10H,4-9,14H2,1-3H3. The van der Waals surface area contributed by atoms with E-state index in [1.165, 1.54) is 6.42 Å². The van der Waals surface area contributed by atoms with E-state index in [1.54, 1.807) is 0 Å². The third kappa shape index (κ3) is 2.73. The highest BCUT2D eigenvalue weighted by molar-refractivity contribution is 5.68. The van der Waals surface area contributed by atoms with Gasteiger partial charge in [-0.25, -0.2) is 4.79 Å². The van der Waals surface area contributed by atoms with Crippen molar-refractivity contribution in [3.63, 3.8) is 0 Å². The maximum Gasteiger partial charge on any atom is 0.410 e. The number of amides is 1. The van der Waals surface area contributed by atoms with E-state index in [0.29, 0.717) is 5.92 Å². The fourth-order valence-electron chi connectivity index (χ4n) is 2.72. The van der Waals surface area contributed by atoms with Gasteiger partial charge in [0.1, 0.15) is 5.60 Å². The highest BCUT2D eigenvalue weighted by atomic mass is 16.6.